The highest BCUT2D eigenvalue weighted by Crippen LogP contribution is 2.26. The summed E-state index contributed by atoms with van der Waals surface area (Å²) in [7, 11) is 0. The number of ether oxygens (including phenoxy) is 1. The maximum Gasteiger partial charge on any atom is 0.123 e. The Morgan fingerprint density at radius 2 is 1.79 bits per heavy atom. The summed E-state index contributed by atoms with van der Waals surface area (Å²) in [5, 5.41) is 3.63. The SMILES string of the molecule is CCOc1cc(N)cc(NC2CCCCCCC2)c1. The molecular weight excluding hydrogens is 236 g/mol. The summed E-state index contributed by atoms with van der Waals surface area (Å²) < 4.78 is 5.54. The zero-order chi connectivity index (χ0) is 13.5. The van der Waals surface area contributed by atoms with Gasteiger partial charge in [-0.3, -0.25) is 0 Å². The average Bonchev–Trinajstić information content (AvgIpc) is 2.32. The summed E-state index contributed by atoms with van der Waals surface area (Å²) >= 11 is 0. The third-order valence-electron chi connectivity index (χ3n) is 3.72. The largest absolute Gasteiger partial charge is 0.494 e. The smallest absolute Gasteiger partial charge is 0.123 e. The van der Waals surface area contributed by atoms with Crippen molar-refractivity contribution in [2.45, 2.75) is 57.9 Å². The Hall–Kier alpha value is -1.38. The second kappa shape index (κ2) is 7.27. The second-order valence-corrected chi connectivity index (χ2v) is 5.41. The summed E-state index contributed by atoms with van der Waals surface area (Å²) in [6.07, 6.45) is 9.34. The molecule has 3 nitrogen and oxygen atoms in total. The first kappa shape index (κ1) is 14.0. The molecule has 0 spiro atoms. The summed E-state index contributed by atoms with van der Waals surface area (Å²) in [6.45, 7) is 2.66. The van der Waals surface area contributed by atoms with Crippen LogP contribution in [0.3, 0.4) is 0 Å². The van der Waals surface area contributed by atoms with Crippen LogP contribution in [0.25, 0.3) is 0 Å². The van der Waals surface area contributed by atoms with E-state index in [1.54, 1.807) is 0 Å². The van der Waals surface area contributed by atoms with E-state index in [1.807, 2.05) is 19.1 Å². The van der Waals surface area contributed by atoms with Gasteiger partial charge >= 0.3 is 0 Å². The van der Waals surface area contributed by atoms with Crippen LogP contribution in [0, 0.1) is 0 Å². The molecule has 1 aromatic carbocycles. The standard InChI is InChI=1S/C16H26N2O/c1-2-19-16-11-13(17)10-15(12-16)18-14-8-6-4-3-5-7-9-14/h10-12,14,18H,2-9,17H2,1H3. The van der Waals surface area contributed by atoms with Crippen molar-refractivity contribution in [3.8, 4) is 5.75 Å². The highest BCUT2D eigenvalue weighted by Gasteiger charge is 2.11. The van der Waals surface area contributed by atoms with Crippen molar-refractivity contribution in [1.29, 1.82) is 0 Å². The molecule has 0 amide bonds. The quantitative estimate of drug-likeness (QED) is 0.800. The Balaban J connectivity index is 1.99. The molecule has 1 aliphatic rings. The van der Waals surface area contributed by atoms with E-state index >= 15 is 0 Å². The number of nitrogen functional groups attached to an aromatic ring is 1. The number of hydrogen-bond acceptors (Lipinski definition) is 3. The van der Waals surface area contributed by atoms with Crippen molar-refractivity contribution in [1.82, 2.24) is 0 Å². The van der Waals surface area contributed by atoms with Crippen LogP contribution in [0.4, 0.5) is 11.4 Å². The van der Waals surface area contributed by atoms with E-state index < -0.39 is 0 Å². The summed E-state index contributed by atoms with van der Waals surface area (Å²) in [4.78, 5) is 0. The fraction of sp³-hybridized carbons (Fsp3) is 0.625. The lowest BCUT2D eigenvalue weighted by Crippen LogP contribution is -2.20. The van der Waals surface area contributed by atoms with Gasteiger partial charge in [0.2, 0.25) is 0 Å². The van der Waals surface area contributed by atoms with E-state index in [0.29, 0.717) is 12.6 Å². The van der Waals surface area contributed by atoms with E-state index in [9.17, 15) is 0 Å². The van der Waals surface area contributed by atoms with Gasteiger partial charge in [0.15, 0.2) is 0 Å². The zero-order valence-electron chi connectivity index (χ0n) is 12.0. The van der Waals surface area contributed by atoms with Crippen LogP contribution in [0.5, 0.6) is 5.75 Å². The molecule has 1 saturated carbocycles. The predicted octanol–water partition coefficient (Wildman–Crippen LogP) is 4.19. The lowest BCUT2D eigenvalue weighted by molar-refractivity contribution is 0.340. The Bertz CT molecular complexity index is 384. The molecule has 0 heterocycles. The van der Waals surface area contributed by atoms with Crippen molar-refractivity contribution in [3.05, 3.63) is 18.2 Å². The van der Waals surface area contributed by atoms with Crippen molar-refractivity contribution in [3.63, 3.8) is 0 Å². The molecule has 0 radical (unpaired) electrons. The molecule has 3 N–H and O–H groups in total. The first-order valence-corrected chi connectivity index (χ1v) is 7.58. The van der Waals surface area contributed by atoms with Crippen molar-refractivity contribution < 1.29 is 4.74 Å². The van der Waals surface area contributed by atoms with Crippen LogP contribution in [0.2, 0.25) is 0 Å². The van der Waals surface area contributed by atoms with Gasteiger partial charge in [-0.25, -0.2) is 0 Å². The van der Waals surface area contributed by atoms with Crippen molar-refractivity contribution >= 4 is 11.4 Å². The Morgan fingerprint density at radius 3 is 2.47 bits per heavy atom. The van der Waals surface area contributed by atoms with Crippen LogP contribution >= 0.6 is 0 Å². The lowest BCUT2D eigenvalue weighted by atomic mass is 9.96. The number of rotatable bonds is 4. The van der Waals surface area contributed by atoms with Gasteiger partial charge in [0, 0.05) is 29.5 Å². The Labute approximate surface area is 116 Å². The van der Waals surface area contributed by atoms with E-state index in [-0.39, 0.29) is 0 Å². The third-order valence-corrected chi connectivity index (χ3v) is 3.72. The topological polar surface area (TPSA) is 47.3 Å². The highest BCUT2D eigenvalue weighted by molar-refractivity contribution is 5.59. The molecule has 2 rings (SSSR count). The number of benzene rings is 1. The maximum absolute atomic E-state index is 5.93. The second-order valence-electron chi connectivity index (χ2n) is 5.41. The predicted molar refractivity (Wildman–Crippen MR) is 81.8 cm³/mol. The van der Waals surface area contributed by atoms with Gasteiger partial charge < -0.3 is 15.8 Å². The molecule has 0 unspecified atom stereocenters. The maximum atomic E-state index is 5.93. The van der Waals surface area contributed by atoms with Gasteiger partial charge in [0.05, 0.1) is 6.61 Å². The molecule has 0 aromatic heterocycles. The molecule has 106 valence electrons. The molecule has 0 bridgehead atoms. The molecule has 0 saturated heterocycles. The van der Waals surface area contributed by atoms with Crippen LogP contribution < -0.4 is 15.8 Å². The number of nitrogens with one attached hydrogen (secondary N) is 1. The number of nitrogens with two attached hydrogens (primary N) is 1. The number of hydrogen-bond donors (Lipinski definition) is 2. The Morgan fingerprint density at radius 1 is 1.11 bits per heavy atom. The fourth-order valence-corrected chi connectivity index (χ4v) is 2.79. The minimum atomic E-state index is 0.580. The molecule has 3 heteroatoms. The molecule has 0 atom stereocenters. The first-order chi connectivity index (χ1) is 9.28. The van der Waals surface area contributed by atoms with E-state index in [0.717, 1.165) is 17.1 Å². The van der Waals surface area contributed by atoms with Gasteiger partial charge in [0.25, 0.3) is 0 Å². The average molecular weight is 262 g/mol. The fourth-order valence-electron chi connectivity index (χ4n) is 2.79. The molecule has 0 aliphatic heterocycles. The Kier molecular flexibility index (Phi) is 5.37. The third kappa shape index (κ3) is 4.66. The number of anilines is 2. The van der Waals surface area contributed by atoms with Gasteiger partial charge in [-0.1, -0.05) is 32.1 Å². The van der Waals surface area contributed by atoms with E-state index in [4.69, 9.17) is 10.5 Å². The van der Waals surface area contributed by atoms with Gasteiger partial charge in [-0.05, 0) is 25.8 Å². The first-order valence-electron chi connectivity index (χ1n) is 7.58. The molecule has 1 aliphatic carbocycles. The molecular formula is C16H26N2O. The van der Waals surface area contributed by atoms with Gasteiger partial charge in [0.1, 0.15) is 5.75 Å². The summed E-state index contributed by atoms with van der Waals surface area (Å²) in [5.41, 5.74) is 7.79. The summed E-state index contributed by atoms with van der Waals surface area (Å²) in [5.74, 6) is 0.857. The normalized spacial score (nSPS) is 17.5. The molecule has 1 aromatic rings. The van der Waals surface area contributed by atoms with Gasteiger partial charge in [-0.15, -0.1) is 0 Å². The van der Waals surface area contributed by atoms with Crippen LogP contribution in [-0.2, 0) is 0 Å². The van der Waals surface area contributed by atoms with Crippen LogP contribution in [-0.4, -0.2) is 12.6 Å². The van der Waals surface area contributed by atoms with Crippen molar-refractivity contribution in [2.24, 2.45) is 0 Å². The monoisotopic (exact) mass is 262 g/mol. The molecule has 19 heavy (non-hydrogen) atoms. The van der Waals surface area contributed by atoms with E-state index in [1.165, 1.54) is 44.9 Å². The highest BCUT2D eigenvalue weighted by atomic mass is 16.5. The van der Waals surface area contributed by atoms with Crippen LogP contribution in [0.1, 0.15) is 51.9 Å². The minimum Gasteiger partial charge on any atom is -0.494 e. The lowest BCUT2D eigenvalue weighted by Gasteiger charge is -2.22. The van der Waals surface area contributed by atoms with E-state index in [2.05, 4.69) is 11.4 Å². The summed E-state index contributed by atoms with van der Waals surface area (Å²) in [6, 6.07) is 6.52. The van der Waals surface area contributed by atoms with Crippen molar-refractivity contribution in [2.75, 3.05) is 17.7 Å². The minimum absolute atomic E-state index is 0.580. The molecule has 1 fully saturated rings. The van der Waals surface area contributed by atoms with Crippen LogP contribution in [0.15, 0.2) is 18.2 Å². The zero-order valence-corrected chi connectivity index (χ0v) is 12.0. The van der Waals surface area contributed by atoms with Gasteiger partial charge in [-0.2, -0.15) is 0 Å².